The van der Waals surface area contributed by atoms with Crippen molar-refractivity contribution in [3.63, 3.8) is 0 Å². The lowest BCUT2D eigenvalue weighted by molar-refractivity contribution is 0.205. The SMILES string of the molecule is [C-]#[N+]c1ccc(-c2ccc3ncc4c(c3n2)N(C2CCNCC2)C(=O)N(C)C4)cn1. The largest absolute Gasteiger partial charge is 0.361 e. The quantitative estimate of drug-likeness (QED) is 0.669. The summed E-state index contributed by atoms with van der Waals surface area (Å²) in [5.41, 5.74) is 4.96. The van der Waals surface area contributed by atoms with Gasteiger partial charge in [-0.25, -0.2) is 9.78 Å². The first kappa shape index (κ1) is 18.5. The molecule has 0 saturated carbocycles. The Balaban J connectivity index is 1.67. The van der Waals surface area contributed by atoms with E-state index < -0.39 is 0 Å². The highest BCUT2D eigenvalue weighted by molar-refractivity contribution is 6.04. The van der Waals surface area contributed by atoms with Gasteiger partial charge in [0.2, 0.25) is 0 Å². The van der Waals surface area contributed by atoms with Crippen LogP contribution in [0.2, 0.25) is 0 Å². The molecule has 8 nitrogen and oxygen atoms in total. The average Bonchev–Trinajstić information content (AvgIpc) is 2.80. The van der Waals surface area contributed by atoms with Crippen molar-refractivity contribution in [3.05, 3.63) is 53.6 Å². The van der Waals surface area contributed by atoms with Gasteiger partial charge in [0.25, 0.3) is 5.82 Å². The smallest absolute Gasteiger partial charge is 0.324 e. The minimum absolute atomic E-state index is 0.0113. The Hall–Kier alpha value is -3.57. The van der Waals surface area contributed by atoms with Crippen molar-refractivity contribution < 1.29 is 4.79 Å². The zero-order valence-corrected chi connectivity index (χ0v) is 16.7. The second kappa shape index (κ2) is 7.35. The van der Waals surface area contributed by atoms with Gasteiger partial charge in [-0.1, -0.05) is 12.6 Å². The zero-order valence-electron chi connectivity index (χ0n) is 16.7. The van der Waals surface area contributed by atoms with Gasteiger partial charge in [-0.2, -0.15) is 0 Å². The van der Waals surface area contributed by atoms with Gasteiger partial charge >= 0.3 is 6.03 Å². The number of rotatable bonds is 2. The molecular formula is C22H21N7O. The Morgan fingerprint density at radius 1 is 1.13 bits per heavy atom. The molecule has 3 aromatic rings. The minimum atomic E-state index is 0.0113. The second-order valence-corrected chi connectivity index (χ2v) is 7.70. The van der Waals surface area contributed by atoms with Crippen LogP contribution in [0.25, 0.3) is 27.1 Å². The highest BCUT2D eigenvalue weighted by Crippen LogP contribution is 2.37. The third kappa shape index (κ3) is 3.04. The molecule has 8 heteroatoms. The molecule has 0 spiro atoms. The number of fused-ring (bicyclic) bond motifs is 3. The fraction of sp³-hybridized carbons (Fsp3) is 0.318. The van der Waals surface area contributed by atoms with Crippen molar-refractivity contribution in [2.24, 2.45) is 0 Å². The van der Waals surface area contributed by atoms with Crippen LogP contribution in [0, 0.1) is 6.57 Å². The molecule has 30 heavy (non-hydrogen) atoms. The van der Waals surface area contributed by atoms with Gasteiger partial charge in [0, 0.05) is 30.4 Å². The van der Waals surface area contributed by atoms with Crippen LogP contribution in [0.15, 0.2) is 36.7 Å². The highest BCUT2D eigenvalue weighted by Gasteiger charge is 2.36. The van der Waals surface area contributed by atoms with E-state index in [1.165, 1.54) is 0 Å². The maximum absolute atomic E-state index is 13.2. The summed E-state index contributed by atoms with van der Waals surface area (Å²) in [4.78, 5) is 33.9. The van der Waals surface area contributed by atoms with Crippen molar-refractivity contribution in [2.45, 2.75) is 25.4 Å². The molecule has 0 aliphatic carbocycles. The maximum atomic E-state index is 13.2. The Labute approximate surface area is 174 Å². The molecule has 2 aliphatic heterocycles. The Bertz CT molecular complexity index is 1160. The standard InChI is InChI=1S/C22H21N7O/c1-23-19-6-3-14(11-26-19)17-4-5-18-20(27-17)21-15(12-25-18)13-28(2)22(30)29(21)16-7-9-24-10-8-16/h3-6,11-12,16,24H,7-10,13H2,2H3. The predicted molar refractivity (Wildman–Crippen MR) is 114 cm³/mol. The zero-order chi connectivity index (χ0) is 20.7. The molecule has 150 valence electrons. The van der Waals surface area contributed by atoms with Crippen LogP contribution in [0.4, 0.5) is 16.3 Å². The van der Waals surface area contributed by atoms with E-state index in [1.54, 1.807) is 17.2 Å². The molecule has 1 fully saturated rings. The summed E-state index contributed by atoms with van der Waals surface area (Å²) >= 11 is 0. The van der Waals surface area contributed by atoms with Crippen molar-refractivity contribution in [3.8, 4) is 11.3 Å². The summed E-state index contributed by atoms with van der Waals surface area (Å²) in [5.74, 6) is 0.351. The molecule has 0 unspecified atom stereocenters. The first-order chi connectivity index (χ1) is 14.7. The number of urea groups is 1. The normalized spacial score (nSPS) is 17.1. The minimum Gasteiger partial charge on any atom is -0.361 e. The average molecular weight is 399 g/mol. The van der Waals surface area contributed by atoms with Gasteiger partial charge in [0.1, 0.15) is 11.7 Å². The molecular weight excluding hydrogens is 378 g/mol. The van der Waals surface area contributed by atoms with Crippen molar-refractivity contribution >= 4 is 28.6 Å². The van der Waals surface area contributed by atoms with E-state index in [0.29, 0.717) is 12.4 Å². The number of carbonyl (C=O) groups is 1. The molecule has 0 atom stereocenters. The van der Waals surface area contributed by atoms with E-state index >= 15 is 0 Å². The van der Waals surface area contributed by atoms with E-state index in [0.717, 1.165) is 59.5 Å². The molecule has 0 aromatic carbocycles. The number of hydrogen-bond donors (Lipinski definition) is 1. The molecule has 5 heterocycles. The third-order valence-electron chi connectivity index (χ3n) is 5.77. The molecule has 1 N–H and O–H groups in total. The summed E-state index contributed by atoms with van der Waals surface area (Å²) < 4.78 is 0. The molecule has 2 aliphatic rings. The van der Waals surface area contributed by atoms with Gasteiger partial charge in [-0.05, 0) is 44.1 Å². The van der Waals surface area contributed by atoms with Crippen LogP contribution in [-0.2, 0) is 6.54 Å². The summed E-state index contributed by atoms with van der Waals surface area (Å²) in [7, 11) is 1.83. The summed E-state index contributed by atoms with van der Waals surface area (Å²) in [6.07, 6.45) is 5.34. The number of anilines is 1. The maximum Gasteiger partial charge on any atom is 0.324 e. The van der Waals surface area contributed by atoms with Gasteiger partial charge in [-0.15, -0.1) is 4.98 Å². The second-order valence-electron chi connectivity index (χ2n) is 7.70. The predicted octanol–water partition coefficient (Wildman–Crippen LogP) is 3.37. The molecule has 3 aromatic heterocycles. The Morgan fingerprint density at radius 2 is 1.97 bits per heavy atom. The molecule has 0 radical (unpaired) electrons. The lowest BCUT2D eigenvalue weighted by Gasteiger charge is -2.41. The topological polar surface area (TPSA) is 78.6 Å². The fourth-order valence-electron chi connectivity index (χ4n) is 4.25. The monoisotopic (exact) mass is 399 g/mol. The highest BCUT2D eigenvalue weighted by atomic mass is 16.2. The number of nitrogens with one attached hydrogen (secondary N) is 1. The Kier molecular flexibility index (Phi) is 4.52. The van der Waals surface area contributed by atoms with Crippen LogP contribution in [0.5, 0.6) is 0 Å². The van der Waals surface area contributed by atoms with Crippen molar-refractivity contribution in [1.29, 1.82) is 0 Å². The van der Waals surface area contributed by atoms with Crippen LogP contribution in [0.1, 0.15) is 18.4 Å². The van der Waals surface area contributed by atoms with Gasteiger partial charge in [0.05, 0.1) is 23.4 Å². The summed E-state index contributed by atoms with van der Waals surface area (Å²) in [6, 6.07) is 7.52. The Morgan fingerprint density at radius 3 is 2.70 bits per heavy atom. The van der Waals surface area contributed by atoms with E-state index in [4.69, 9.17) is 11.6 Å². The van der Waals surface area contributed by atoms with Crippen LogP contribution < -0.4 is 10.2 Å². The van der Waals surface area contributed by atoms with Gasteiger partial charge < -0.3 is 15.1 Å². The lowest BCUT2D eigenvalue weighted by Crippen LogP contribution is -2.53. The summed E-state index contributed by atoms with van der Waals surface area (Å²) in [6.45, 7) is 9.39. The molecule has 0 bridgehead atoms. The first-order valence-electron chi connectivity index (χ1n) is 10.0. The van der Waals surface area contributed by atoms with Gasteiger partial charge in [0.15, 0.2) is 0 Å². The van der Waals surface area contributed by atoms with Gasteiger partial charge in [-0.3, -0.25) is 9.88 Å². The first-order valence-corrected chi connectivity index (χ1v) is 10.0. The number of pyridine rings is 3. The number of nitrogens with zero attached hydrogens (tertiary/aromatic N) is 6. The number of hydrogen-bond acceptors (Lipinski definition) is 5. The number of amides is 2. The van der Waals surface area contributed by atoms with Crippen molar-refractivity contribution in [2.75, 3.05) is 25.0 Å². The van der Waals surface area contributed by atoms with Crippen LogP contribution in [0.3, 0.4) is 0 Å². The molecule has 2 amide bonds. The van der Waals surface area contributed by atoms with E-state index in [-0.39, 0.29) is 12.1 Å². The van der Waals surface area contributed by atoms with E-state index in [9.17, 15) is 4.79 Å². The molecule has 1 saturated heterocycles. The van der Waals surface area contributed by atoms with Crippen LogP contribution in [-0.4, -0.2) is 52.1 Å². The molecule has 5 rings (SSSR count). The summed E-state index contributed by atoms with van der Waals surface area (Å²) in [5, 5.41) is 3.37. The third-order valence-corrected chi connectivity index (χ3v) is 5.77. The van der Waals surface area contributed by atoms with Crippen molar-refractivity contribution in [1.82, 2.24) is 25.2 Å². The number of piperidine rings is 1. The lowest BCUT2D eigenvalue weighted by atomic mass is 10.0. The van der Waals surface area contributed by atoms with E-state index in [1.807, 2.05) is 36.3 Å². The number of carbonyl (C=O) groups excluding carboxylic acids is 1. The van der Waals surface area contributed by atoms with E-state index in [2.05, 4.69) is 20.1 Å². The number of aromatic nitrogens is 3. The fourth-order valence-corrected chi connectivity index (χ4v) is 4.25. The van der Waals surface area contributed by atoms with Crippen LogP contribution >= 0.6 is 0 Å².